The number of carbonyl (C=O) groups excluding carboxylic acids is 4. The molecular formula is C14H28N3O8V+. The first kappa shape index (κ1) is 29.1. The van der Waals surface area contributed by atoms with Crippen molar-refractivity contribution in [3.05, 3.63) is 0 Å². The van der Waals surface area contributed by atoms with Gasteiger partial charge in [0.2, 0.25) is 0 Å². The van der Waals surface area contributed by atoms with Crippen molar-refractivity contribution in [3.8, 4) is 0 Å². The van der Waals surface area contributed by atoms with E-state index in [1.807, 2.05) is 0 Å². The molecule has 0 saturated heterocycles. The third kappa shape index (κ3) is 27.2. The molecule has 12 heteroatoms. The summed E-state index contributed by atoms with van der Waals surface area (Å²) in [5.74, 6) is -2.90. The van der Waals surface area contributed by atoms with Crippen LogP contribution in [0.2, 0.25) is 0 Å². The van der Waals surface area contributed by atoms with E-state index in [-0.39, 0.29) is 31.6 Å². The van der Waals surface area contributed by atoms with Crippen LogP contribution in [0.5, 0.6) is 0 Å². The smallest absolute Gasteiger partial charge is 0.326 e. The molecule has 151 valence electrons. The van der Waals surface area contributed by atoms with Gasteiger partial charge in [-0.3, -0.25) is 19.2 Å². The number of hydroxylamine groups is 4. The largest absolute Gasteiger partial charge is 0.333 e. The molecule has 11 nitrogen and oxygen atoms in total. The fourth-order valence-electron chi connectivity index (χ4n) is 0.957. The maximum atomic E-state index is 10.8. The number of nitrogens with zero attached hydrogens (tertiary/aromatic N) is 3. The zero-order valence-corrected chi connectivity index (χ0v) is 17.9. The van der Waals surface area contributed by atoms with Gasteiger partial charge in [0, 0.05) is 56.7 Å². The summed E-state index contributed by atoms with van der Waals surface area (Å²) in [6.07, 6.45) is 0. The summed E-state index contributed by atoms with van der Waals surface area (Å²) in [5.41, 5.74) is 0. The van der Waals surface area contributed by atoms with Crippen LogP contribution in [0.15, 0.2) is 0 Å². The Morgan fingerprint density at radius 3 is 0.885 bits per heavy atom. The molecule has 1 radical (unpaired) electrons. The molecule has 0 rings (SSSR count). The first-order valence-corrected chi connectivity index (χ1v) is 7.28. The second-order valence-electron chi connectivity index (χ2n) is 6.13. The van der Waals surface area contributed by atoms with Crippen LogP contribution in [0, 0.1) is 0 Å². The molecule has 0 aromatic rings. The van der Waals surface area contributed by atoms with Gasteiger partial charge in [-0.15, -0.1) is 0 Å². The molecule has 0 aliphatic carbocycles. The Bertz CT molecular complexity index is 394. The molecule has 0 amide bonds. The van der Waals surface area contributed by atoms with Crippen molar-refractivity contribution in [2.75, 3.05) is 41.3 Å². The molecule has 0 heterocycles. The minimum Gasteiger partial charge on any atom is -0.333 e. The predicted molar refractivity (Wildman–Crippen MR) is 84.4 cm³/mol. The summed E-state index contributed by atoms with van der Waals surface area (Å²) < 4.78 is 1.00. The Kier molecular flexibility index (Phi) is 16.2. The first-order chi connectivity index (χ1) is 11.2. The van der Waals surface area contributed by atoms with E-state index < -0.39 is 23.9 Å². The minimum absolute atomic E-state index is 0. The van der Waals surface area contributed by atoms with Crippen LogP contribution in [-0.4, -0.2) is 80.1 Å². The van der Waals surface area contributed by atoms with Crippen molar-refractivity contribution in [1.82, 2.24) is 10.5 Å². The maximum Gasteiger partial charge on any atom is 0.326 e. The molecule has 0 aromatic carbocycles. The fourth-order valence-corrected chi connectivity index (χ4v) is 0.957. The van der Waals surface area contributed by atoms with Crippen LogP contribution >= 0.6 is 0 Å². The van der Waals surface area contributed by atoms with E-state index >= 15 is 0 Å². The summed E-state index contributed by atoms with van der Waals surface area (Å²) in [5, 5.41) is 1.15. The van der Waals surface area contributed by atoms with E-state index in [2.05, 4.69) is 47.5 Å². The first-order valence-electron chi connectivity index (χ1n) is 7.28. The monoisotopic (exact) mass is 417 g/mol. The van der Waals surface area contributed by atoms with Gasteiger partial charge in [0.1, 0.15) is 0 Å². The van der Waals surface area contributed by atoms with E-state index in [4.69, 9.17) is 0 Å². The molecule has 0 aliphatic rings. The van der Waals surface area contributed by atoms with E-state index in [1.54, 1.807) is 0 Å². The van der Waals surface area contributed by atoms with Crippen LogP contribution in [0.4, 0.5) is 0 Å². The molecule has 0 aliphatic heterocycles. The molecule has 0 bridgehead atoms. The van der Waals surface area contributed by atoms with Gasteiger partial charge >= 0.3 is 23.9 Å². The van der Waals surface area contributed by atoms with E-state index in [0.29, 0.717) is 10.5 Å². The van der Waals surface area contributed by atoms with Crippen molar-refractivity contribution in [3.63, 3.8) is 0 Å². The number of hydrogen-bond acceptors (Lipinski definition) is 10. The average molecular weight is 417 g/mol. The molecule has 0 spiro atoms. The normalized spacial score (nSPS) is 10.1. The molecule has 0 N–H and O–H groups in total. The van der Waals surface area contributed by atoms with Gasteiger partial charge in [0.25, 0.3) is 0 Å². The molecule has 0 fully saturated rings. The average Bonchev–Trinajstić information content (AvgIpc) is 2.30. The summed E-state index contributed by atoms with van der Waals surface area (Å²) in [6.45, 7) is 3.97. The summed E-state index contributed by atoms with van der Waals surface area (Å²) in [7, 11) is 8.50. The Labute approximate surface area is 165 Å². The van der Waals surface area contributed by atoms with Crippen LogP contribution in [-0.2, 0) is 57.1 Å². The zero-order chi connectivity index (χ0) is 20.2. The summed E-state index contributed by atoms with van der Waals surface area (Å²) in [4.78, 5) is 61.4. The third-order valence-corrected chi connectivity index (χ3v) is 1.39. The molecule has 0 saturated carbocycles. The van der Waals surface area contributed by atoms with Crippen molar-refractivity contribution in [2.45, 2.75) is 27.7 Å². The Morgan fingerprint density at radius 2 is 0.769 bits per heavy atom. The van der Waals surface area contributed by atoms with Gasteiger partial charge in [-0.1, -0.05) is 0 Å². The van der Waals surface area contributed by atoms with Gasteiger partial charge < -0.3 is 23.8 Å². The van der Waals surface area contributed by atoms with Gasteiger partial charge in [0.05, 0.1) is 41.3 Å². The quantitative estimate of drug-likeness (QED) is 0.409. The second kappa shape index (κ2) is 14.5. The van der Waals surface area contributed by atoms with Crippen molar-refractivity contribution >= 4 is 23.9 Å². The molecule has 0 aromatic heterocycles. The van der Waals surface area contributed by atoms with E-state index in [0.717, 1.165) is 32.2 Å². The number of hydrogen-bond donors (Lipinski definition) is 0. The topological polar surface area (TPSA) is 112 Å². The maximum absolute atomic E-state index is 10.8. The van der Waals surface area contributed by atoms with Crippen molar-refractivity contribution in [2.24, 2.45) is 0 Å². The Hall–Kier alpha value is -1.66. The molecule has 0 unspecified atom stereocenters. The number of rotatable bonds is 7. The molecule has 26 heavy (non-hydrogen) atoms. The second-order valence-corrected chi connectivity index (χ2v) is 6.13. The van der Waals surface area contributed by atoms with Gasteiger partial charge in [-0.2, -0.15) is 0 Å². The molecular weight excluding hydrogens is 389 g/mol. The number of quaternary nitrogens is 1. The SMILES string of the molecule is CC(=O)ON(CCN(OC(C)=O)OC(C)=O)OC(C)=O.C[N+](C)(C)C.[V]. The van der Waals surface area contributed by atoms with Crippen LogP contribution in [0.25, 0.3) is 0 Å². The molecule has 0 atom stereocenters. The Morgan fingerprint density at radius 1 is 0.615 bits per heavy atom. The van der Waals surface area contributed by atoms with E-state index in [9.17, 15) is 19.2 Å². The van der Waals surface area contributed by atoms with Gasteiger partial charge in [0.15, 0.2) is 0 Å². The Balaban J connectivity index is -0.000000772. The van der Waals surface area contributed by atoms with Gasteiger partial charge in [-0.05, 0) is 0 Å². The predicted octanol–water partition coefficient (Wildman–Crippen LogP) is -0.177. The van der Waals surface area contributed by atoms with Crippen molar-refractivity contribution in [1.29, 1.82) is 0 Å². The zero-order valence-electron chi connectivity index (χ0n) is 16.5. The standard InChI is InChI=1S/C10H16N2O8.C4H12N.V/c1-7(13)17-11(18-8(2)14)5-6-12(19-9(3)15)20-10(4)16;1-5(2,3)4;/h5-6H2,1-4H3;1-4H3;/q;+1;. The van der Waals surface area contributed by atoms with Crippen LogP contribution in [0.1, 0.15) is 27.7 Å². The fraction of sp³-hybridized carbons (Fsp3) is 0.714. The summed E-state index contributed by atoms with van der Waals surface area (Å²) in [6, 6.07) is 0. The van der Waals surface area contributed by atoms with Gasteiger partial charge in [-0.25, -0.2) is 0 Å². The van der Waals surface area contributed by atoms with Crippen molar-refractivity contribution < 1.29 is 61.6 Å². The third-order valence-electron chi connectivity index (χ3n) is 1.39. The number of carbonyl (C=O) groups is 4. The van der Waals surface area contributed by atoms with Crippen LogP contribution < -0.4 is 0 Å². The minimum atomic E-state index is -0.724. The van der Waals surface area contributed by atoms with Crippen LogP contribution in [0.3, 0.4) is 0 Å². The van der Waals surface area contributed by atoms with E-state index in [1.165, 1.54) is 0 Å². The summed E-state index contributed by atoms with van der Waals surface area (Å²) >= 11 is 0.